The molecule has 0 fully saturated rings. The van der Waals surface area contributed by atoms with Crippen LogP contribution in [0.4, 0.5) is 11.4 Å². The Labute approximate surface area is 116 Å². The highest BCUT2D eigenvalue weighted by Crippen LogP contribution is 2.29. The third-order valence-electron chi connectivity index (χ3n) is 2.97. The van der Waals surface area contributed by atoms with Gasteiger partial charge in [-0.25, -0.2) is 0 Å². The molecule has 0 radical (unpaired) electrons. The van der Waals surface area contributed by atoms with Gasteiger partial charge in [-0.3, -0.25) is 0 Å². The summed E-state index contributed by atoms with van der Waals surface area (Å²) in [6, 6.07) is 6.24. The maximum absolute atomic E-state index is 5.95. The lowest BCUT2D eigenvalue weighted by Crippen LogP contribution is -2.36. The topological polar surface area (TPSA) is 47.7 Å². The van der Waals surface area contributed by atoms with Crippen molar-refractivity contribution in [3.8, 4) is 5.75 Å². The van der Waals surface area contributed by atoms with E-state index in [0.29, 0.717) is 18.3 Å². The summed E-state index contributed by atoms with van der Waals surface area (Å²) in [5.74, 6) is 0.746. The van der Waals surface area contributed by atoms with Crippen molar-refractivity contribution in [1.29, 1.82) is 0 Å². The molecule has 0 amide bonds. The quantitative estimate of drug-likeness (QED) is 0.771. The van der Waals surface area contributed by atoms with Gasteiger partial charge in [0.1, 0.15) is 5.75 Å². The number of rotatable bonds is 7. The first-order valence-corrected chi connectivity index (χ1v) is 6.81. The Balaban J connectivity index is 2.98. The first-order valence-electron chi connectivity index (χ1n) is 6.81. The molecule has 0 saturated carbocycles. The largest absolute Gasteiger partial charge is 0.489 e. The molecule has 0 aliphatic rings. The summed E-state index contributed by atoms with van der Waals surface area (Å²) in [5.41, 5.74) is 7.73. The molecule has 4 heteroatoms. The van der Waals surface area contributed by atoms with E-state index in [1.807, 2.05) is 32.0 Å². The molecule has 0 heterocycles. The van der Waals surface area contributed by atoms with E-state index in [4.69, 9.17) is 15.2 Å². The van der Waals surface area contributed by atoms with Crippen molar-refractivity contribution in [2.75, 3.05) is 30.9 Å². The van der Waals surface area contributed by atoms with Crippen LogP contribution in [0.25, 0.3) is 0 Å². The number of nitrogen functional groups attached to an aromatic ring is 1. The fourth-order valence-electron chi connectivity index (χ4n) is 2.14. The maximum Gasteiger partial charge on any atom is 0.144 e. The number of hydrogen-bond donors (Lipinski definition) is 1. The maximum atomic E-state index is 5.95. The highest BCUT2D eigenvalue weighted by atomic mass is 16.5. The molecule has 0 aliphatic heterocycles. The molecule has 108 valence electrons. The smallest absolute Gasteiger partial charge is 0.144 e. The molecule has 0 aromatic heterocycles. The van der Waals surface area contributed by atoms with Crippen LogP contribution in [0.5, 0.6) is 5.75 Å². The third kappa shape index (κ3) is 4.31. The first kappa shape index (κ1) is 15.6. The zero-order valence-electron chi connectivity index (χ0n) is 12.6. The van der Waals surface area contributed by atoms with Crippen LogP contribution >= 0.6 is 0 Å². The number of hydrogen-bond acceptors (Lipinski definition) is 4. The van der Waals surface area contributed by atoms with E-state index >= 15 is 0 Å². The van der Waals surface area contributed by atoms with Gasteiger partial charge in [0.2, 0.25) is 0 Å². The van der Waals surface area contributed by atoms with Crippen molar-refractivity contribution in [3.63, 3.8) is 0 Å². The Morgan fingerprint density at radius 3 is 2.47 bits per heavy atom. The van der Waals surface area contributed by atoms with E-state index in [1.54, 1.807) is 7.11 Å². The lowest BCUT2D eigenvalue weighted by molar-refractivity contribution is 0.182. The number of ether oxygens (including phenoxy) is 2. The number of nitrogens with zero attached hydrogens (tertiary/aromatic N) is 1. The molecule has 1 rings (SSSR count). The summed E-state index contributed by atoms with van der Waals surface area (Å²) in [4.78, 5) is 2.27. The molecule has 4 nitrogen and oxygen atoms in total. The predicted molar refractivity (Wildman–Crippen MR) is 81.0 cm³/mol. The third-order valence-corrected chi connectivity index (χ3v) is 2.97. The zero-order valence-corrected chi connectivity index (χ0v) is 12.6. The molecule has 0 saturated heterocycles. The highest BCUT2D eigenvalue weighted by molar-refractivity contribution is 5.62. The van der Waals surface area contributed by atoms with Crippen LogP contribution in [-0.2, 0) is 4.74 Å². The Morgan fingerprint density at radius 1 is 1.26 bits per heavy atom. The van der Waals surface area contributed by atoms with Crippen LogP contribution < -0.4 is 15.4 Å². The number of anilines is 2. The normalized spacial score (nSPS) is 12.5. The number of benzene rings is 1. The van der Waals surface area contributed by atoms with Crippen molar-refractivity contribution in [3.05, 3.63) is 18.2 Å². The van der Waals surface area contributed by atoms with Gasteiger partial charge in [-0.1, -0.05) is 0 Å². The summed E-state index contributed by atoms with van der Waals surface area (Å²) >= 11 is 0. The Hall–Kier alpha value is -1.42. The first-order chi connectivity index (χ1) is 8.99. The molecule has 0 bridgehead atoms. The monoisotopic (exact) mass is 266 g/mol. The molecule has 0 aliphatic carbocycles. The van der Waals surface area contributed by atoms with Crippen LogP contribution in [0.2, 0.25) is 0 Å². The van der Waals surface area contributed by atoms with Gasteiger partial charge < -0.3 is 20.1 Å². The second-order valence-corrected chi connectivity index (χ2v) is 4.98. The Bertz CT molecular complexity index is 394. The van der Waals surface area contributed by atoms with E-state index in [1.165, 1.54) is 0 Å². The fraction of sp³-hybridized carbons (Fsp3) is 0.600. The molecule has 1 aromatic rings. The summed E-state index contributed by atoms with van der Waals surface area (Å²) in [6.07, 6.45) is 0.115. The minimum absolute atomic E-state index is 0.115. The molecule has 1 atom stereocenters. The molecule has 0 spiro atoms. The molecule has 1 aromatic carbocycles. The standard InChI is InChI=1S/C15H26N2O2/c1-6-17(12(4)10-18-5)13-7-8-14(16)15(9-13)19-11(2)3/h7-9,11-12H,6,10,16H2,1-5H3. The van der Waals surface area contributed by atoms with Crippen LogP contribution in [-0.4, -0.2) is 32.4 Å². The predicted octanol–water partition coefficient (Wildman–Crippen LogP) is 2.92. The van der Waals surface area contributed by atoms with E-state index in [0.717, 1.165) is 18.0 Å². The highest BCUT2D eigenvalue weighted by Gasteiger charge is 2.14. The molecule has 19 heavy (non-hydrogen) atoms. The average Bonchev–Trinajstić information content (AvgIpc) is 2.34. The SMILES string of the molecule is CCN(c1ccc(N)c(OC(C)C)c1)C(C)COC. The van der Waals surface area contributed by atoms with Gasteiger partial charge in [-0.05, 0) is 39.8 Å². The van der Waals surface area contributed by atoms with Crippen molar-refractivity contribution in [2.24, 2.45) is 0 Å². The molecule has 2 N–H and O–H groups in total. The van der Waals surface area contributed by atoms with Gasteiger partial charge in [-0.15, -0.1) is 0 Å². The van der Waals surface area contributed by atoms with Gasteiger partial charge in [0.05, 0.1) is 18.4 Å². The summed E-state index contributed by atoms with van der Waals surface area (Å²) < 4.78 is 11.0. The second kappa shape index (κ2) is 7.24. The van der Waals surface area contributed by atoms with Crippen LogP contribution in [0.3, 0.4) is 0 Å². The Kier molecular flexibility index (Phi) is 5.96. The molecular weight excluding hydrogens is 240 g/mol. The van der Waals surface area contributed by atoms with Crippen molar-refractivity contribution >= 4 is 11.4 Å². The van der Waals surface area contributed by atoms with Crippen LogP contribution in [0.1, 0.15) is 27.7 Å². The van der Waals surface area contributed by atoms with Gasteiger partial charge in [0.15, 0.2) is 0 Å². The number of nitrogens with two attached hydrogens (primary N) is 1. The van der Waals surface area contributed by atoms with Gasteiger partial charge in [-0.2, -0.15) is 0 Å². The average molecular weight is 266 g/mol. The van der Waals surface area contributed by atoms with Crippen molar-refractivity contribution in [1.82, 2.24) is 0 Å². The van der Waals surface area contributed by atoms with E-state index in [-0.39, 0.29) is 6.10 Å². The molecule has 1 unspecified atom stereocenters. The van der Waals surface area contributed by atoms with Gasteiger partial charge >= 0.3 is 0 Å². The molecular formula is C15H26N2O2. The minimum Gasteiger partial charge on any atom is -0.489 e. The minimum atomic E-state index is 0.115. The van der Waals surface area contributed by atoms with E-state index in [9.17, 15) is 0 Å². The lowest BCUT2D eigenvalue weighted by atomic mass is 10.2. The second-order valence-electron chi connectivity index (χ2n) is 4.98. The lowest BCUT2D eigenvalue weighted by Gasteiger charge is -2.30. The van der Waals surface area contributed by atoms with E-state index < -0.39 is 0 Å². The van der Waals surface area contributed by atoms with Gasteiger partial charge in [0, 0.05) is 31.5 Å². The zero-order chi connectivity index (χ0) is 14.4. The van der Waals surface area contributed by atoms with E-state index in [2.05, 4.69) is 18.7 Å². The van der Waals surface area contributed by atoms with Gasteiger partial charge in [0.25, 0.3) is 0 Å². The van der Waals surface area contributed by atoms with Crippen LogP contribution in [0, 0.1) is 0 Å². The summed E-state index contributed by atoms with van der Waals surface area (Å²) in [6.45, 7) is 9.88. The number of methoxy groups -OCH3 is 1. The van der Waals surface area contributed by atoms with Crippen molar-refractivity contribution in [2.45, 2.75) is 39.8 Å². The van der Waals surface area contributed by atoms with Crippen LogP contribution in [0.15, 0.2) is 18.2 Å². The fourth-order valence-corrected chi connectivity index (χ4v) is 2.14. The Morgan fingerprint density at radius 2 is 1.95 bits per heavy atom. The summed E-state index contributed by atoms with van der Waals surface area (Å²) in [7, 11) is 1.72. The number of likely N-dealkylation sites (N-methyl/N-ethyl adjacent to an activating group) is 1. The van der Waals surface area contributed by atoms with Crippen molar-refractivity contribution < 1.29 is 9.47 Å². The summed E-state index contributed by atoms with van der Waals surface area (Å²) in [5, 5.41) is 0.